The SMILES string of the molecule is C1=Cc2c(cc(-c3cc(C4=CCC(c5cc6ccccc6c6ccccc56)C=C4)nc(-c4ccc(-c5cnc6ccccc6c5)cc4)n3)c3ccccc23)CC1. The Morgan fingerprint density at radius 1 is 0.536 bits per heavy atom. The van der Waals surface area contributed by atoms with Crippen LogP contribution in [-0.2, 0) is 6.42 Å². The lowest BCUT2D eigenvalue weighted by Crippen LogP contribution is -2.03. The van der Waals surface area contributed by atoms with Crippen molar-refractivity contribution < 1.29 is 0 Å². The maximum absolute atomic E-state index is 5.34. The molecule has 3 heteroatoms. The van der Waals surface area contributed by atoms with Gasteiger partial charge in [-0.1, -0.05) is 146 Å². The first kappa shape index (κ1) is 32.5. The zero-order chi connectivity index (χ0) is 37.0. The average Bonchev–Trinajstić information content (AvgIpc) is 3.28. The molecule has 0 saturated heterocycles. The van der Waals surface area contributed by atoms with E-state index in [0.29, 0.717) is 0 Å². The van der Waals surface area contributed by atoms with E-state index in [0.717, 1.165) is 75.2 Å². The number of aromatic nitrogens is 3. The second kappa shape index (κ2) is 13.4. The van der Waals surface area contributed by atoms with E-state index in [9.17, 15) is 0 Å². The topological polar surface area (TPSA) is 38.7 Å². The second-order valence-corrected chi connectivity index (χ2v) is 15.0. The third-order valence-electron chi connectivity index (χ3n) is 11.7. The quantitative estimate of drug-likeness (QED) is 0.167. The molecule has 0 bridgehead atoms. The van der Waals surface area contributed by atoms with Crippen LogP contribution in [0.4, 0.5) is 0 Å². The highest BCUT2D eigenvalue weighted by Gasteiger charge is 2.20. The van der Waals surface area contributed by atoms with Gasteiger partial charge in [-0.05, 0) is 110 Å². The predicted molar refractivity (Wildman–Crippen MR) is 234 cm³/mol. The number of fused-ring (bicyclic) bond motifs is 7. The van der Waals surface area contributed by atoms with Gasteiger partial charge in [0.15, 0.2) is 5.82 Å². The van der Waals surface area contributed by atoms with Crippen LogP contribution in [0.15, 0.2) is 176 Å². The summed E-state index contributed by atoms with van der Waals surface area (Å²) >= 11 is 0. The fraction of sp³-hybridized carbons (Fsp3) is 0.0755. The van der Waals surface area contributed by atoms with Gasteiger partial charge in [0.25, 0.3) is 0 Å². The molecule has 0 radical (unpaired) electrons. The van der Waals surface area contributed by atoms with Gasteiger partial charge in [-0.15, -0.1) is 0 Å². The minimum atomic E-state index is 0.267. The number of benzene rings is 7. The van der Waals surface area contributed by atoms with Crippen molar-refractivity contribution in [3.05, 3.63) is 198 Å². The van der Waals surface area contributed by atoms with Crippen LogP contribution in [0.3, 0.4) is 0 Å². The zero-order valence-corrected chi connectivity index (χ0v) is 30.9. The van der Waals surface area contributed by atoms with Crippen LogP contribution in [0.5, 0.6) is 0 Å². The second-order valence-electron chi connectivity index (χ2n) is 15.0. The molecule has 2 aliphatic rings. The Balaban J connectivity index is 1.02. The molecule has 264 valence electrons. The molecule has 0 fully saturated rings. The van der Waals surface area contributed by atoms with Crippen molar-refractivity contribution in [3.8, 4) is 33.8 Å². The van der Waals surface area contributed by atoms with Gasteiger partial charge in [-0.2, -0.15) is 0 Å². The summed E-state index contributed by atoms with van der Waals surface area (Å²) in [6, 6.07) is 52.4. The Bertz CT molecular complexity index is 3110. The fourth-order valence-electron chi connectivity index (χ4n) is 8.84. The summed E-state index contributed by atoms with van der Waals surface area (Å²) in [5.41, 5.74) is 12.4. The van der Waals surface area contributed by atoms with Crippen LogP contribution in [0.1, 0.15) is 41.1 Å². The number of rotatable bonds is 5. The molecule has 1 atom stereocenters. The molecule has 0 amide bonds. The number of aryl methyl sites for hydroxylation is 1. The lowest BCUT2D eigenvalue weighted by Gasteiger charge is -2.21. The van der Waals surface area contributed by atoms with Crippen LogP contribution >= 0.6 is 0 Å². The molecule has 1 unspecified atom stereocenters. The molecule has 3 nitrogen and oxygen atoms in total. The van der Waals surface area contributed by atoms with E-state index >= 15 is 0 Å². The minimum absolute atomic E-state index is 0.267. The standard InChI is InChI=1S/C53H37N3/c1-4-14-42-38(11-1)30-48(46-18-8-6-16-44(42)46)35-23-25-36(26-24-35)51-32-52(49-31-39-12-2-5-15-43(39)45-17-7-9-19-47(45)49)56-53(55-51)37-27-21-34(22-28-37)41-29-40-13-3-10-20-50(40)54-33-41/h1,3-11,13-23,25-33,35H,2,12,24H2. The number of hydrogen-bond donors (Lipinski definition) is 0. The van der Waals surface area contributed by atoms with Gasteiger partial charge in [-0.3, -0.25) is 4.98 Å². The number of allylic oxidation sites excluding steroid dienone is 5. The van der Waals surface area contributed by atoms with Crippen LogP contribution in [0, 0.1) is 0 Å². The van der Waals surface area contributed by atoms with E-state index in [1.807, 2.05) is 12.3 Å². The monoisotopic (exact) mass is 715 g/mol. The first-order valence-corrected chi connectivity index (χ1v) is 19.6. The van der Waals surface area contributed by atoms with Crippen LogP contribution in [-0.4, -0.2) is 15.0 Å². The molecule has 11 rings (SSSR count). The molecule has 2 aromatic heterocycles. The molecule has 2 aliphatic carbocycles. The molecule has 0 saturated carbocycles. The Labute approximate surface area is 326 Å². The Hall–Kier alpha value is -6.97. The van der Waals surface area contributed by atoms with E-state index in [2.05, 4.69) is 170 Å². The third kappa shape index (κ3) is 5.63. The maximum Gasteiger partial charge on any atom is 0.160 e. The van der Waals surface area contributed by atoms with Crippen molar-refractivity contribution in [3.63, 3.8) is 0 Å². The van der Waals surface area contributed by atoms with Gasteiger partial charge < -0.3 is 0 Å². The van der Waals surface area contributed by atoms with Crippen molar-refractivity contribution in [2.75, 3.05) is 0 Å². The minimum Gasteiger partial charge on any atom is -0.256 e. The van der Waals surface area contributed by atoms with Crippen LogP contribution in [0.25, 0.3) is 88.6 Å². The van der Waals surface area contributed by atoms with Crippen molar-refractivity contribution in [2.45, 2.75) is 25.2 Å². The van der Waals surface area contributed by atoms with E-state index in [4.69, 9.17) is 15.0 Å². The molecule has 9 aromatic rings. The molecule has 7 aromatic carbocycles. The van der Waals surface area contributed by atoms with Gasteiger partial charge in [0, 0.05) is 34.2 Å². The van der Waals surface area contributed by atoms with Gasteiger partial charge in [0.05, 0.1) is 16.9 Å². The van der Waals surface area contributed by atoms with Crippen LogP contribution < -0.4 is 0 Å². The molecular formula is C53H37N3. The lowest BCUT2D eigenvalue weighted by atomic mass is 9.84. The third-order valence-corrected chi connectivity index (χ3v) is 11.7. The Morgan fingerprint density at radius 2 is 1.25 bits per heavy atom. The molecule has 56 heavy (non-hydrogen) atoms. The van der Waals surface area contributed by atoms with E-state index in [-0.39, 0.29) is 5.92 Å². The van der Waals surface area contributed by atoms with Crippen molar-refractivity contribution in [2.24, 2.45) is 0 Å². The summed E-state index contributed by atoms with van der Waals surface area (Å²) in [5.74, 6) is 0.989. The first-order chi connectivity index (χ1) is 27.7. The summed E-state index contributed by atoms with van der Waals surface area (Å²) in [5, 5.41) is 8.83. The number of para-hydroxylation sites is 1. The number of hydrogen-bond acceptors (Lipinski definition) is 3. The van der Waals surface area contributed by atoms with Gasteiger partial charge in [-0.25, -0.2) is 9.97 Å². The van der Waals surface area contributed by atoms with Crippen molar-refractivity contribution >= 4 is 54.9 Å². The molecule has 0 aliphatic heterocycles. The summed E-state index contributed by atoms with van der Waals surface area (Å²) < 4.78 is 0. The molecule has 0 N–H and O–H groups in total. The predicted octanol–water partition coefficient (Wildman–Crippen LogP) is 13.6. The van der Waals surface area contributed by atoms with Gasteiger partial charge in [0.2, 0.25) is 0 Å². The van der Waals surface area contributed by atoms with Gasteiger partial charge >= 0.3 is 0 Å². The molecule has 0 spiro atoms. The largest absolute Gasteiger partial charge is 0.256 e. The van der Waals surface area contributed by atoms with E-state index in [1.165, 1.54) is 49.0 Å². The van der Waals surface area contributed by atoms with Gasteiger partial charge in [0.1, 0.15) is 0 Å². The summed E-state index contributed by atoms with van der Waals surface area (Å²) in [6.07, 6.45) is 16.5. The Kier molecular flexibility index (Phi) is 7.77. The van der Waals surface area contributed by atoms with E-state index < -0.39 is 0 Å². The van der Waals surface area contributed by atoms with Crippen molar-refractivity contribution in [1.82, 2.24) is 15.0 Å². The summed E-state index contributed by atoms with van der Waals surface area (Å²) in [4.78, 5) is 15.4. The molecular weight excluding hydrogens is 679 g/mol. The average molecular weight is 716 g/mol. The van der Waals surface area contributed by atoms with E-state index in [1.54, 1.807) is 0 Å². The van der Waals surface area contributed by atoms with Crippen LogP contribution in [0.2, 0.25) is 0 Å². The highest BCUT2D eigenvalue weighted by molar-refractivity contribution is 6.09. The lowest BCUT2D eigenvalue weighted by molar-refractivity contribution is 0.865. The Morgan fingerprint density at radius 3 is 2.09 bits per heavy atom. The summed E-state index contributed by atoms with van der Waals surface area (Å²) in [7, 11) is 0. The maximum atomic E-state index is 5.34. The highest BCUT2D eigenvalue weighted by atomic mass is 14.9. The number of pyridine rings is 1. The fourth-order valence-corrected chi connectivity index (χ4v) is 8.84. The number of nitrogens with zero attached hydrogens (tertiary/aromatic N) is 3. The normalized spacial score (nSPS) is 15.1. The zero-order valence-electron chi connectivity index (χ0n) is 30.9. The first-order valence-electron chi connectivity index (χ1n) is 19.6. The summed E-state index contributed by atoms with van der Waals surface area (Å²) in [6.45, 7) is 0. The smallest absolute Gasteiger partial charge is 0.160 e. The molecule has 2 heterocycles. The highest BCUT2D eigenvalue weighted by Crippen LogP contribution is 2.40. The van der Waals surface area contributed by atoms with Crippen molar-refractivity contribution in [1.29, 1.82) is 0 Å².